The number of nitrogens with zero attached hydrogens (tertiary/aromatic N) is 2. The van der Waals surface area contributed by atoms with E-state index in [1.165, 1.54) is 0 Å². The van der Waals surface area contributed by atoms with Crippen molar-refractivity contribution in [3.05, 3.63) is 60.4 Å². The molecule has 0 saturated carbocycles. The zero-order valence-electron chi connectivity index (χ0n) is 13.8. The molecule has 5 heteroatoms. The Balaban J connectivity index is 1.69. The zero-order chi connectivity index (χ0) is 16.9. The lowest BCUT2D eigenvalue weighted by atomic mass is 10.1. The second-order valence-electron chi connectivity index (χ2n) is 5.88. The minimum Gasteiger partial charge on any atom is -0.351 e. The summed E-state index contributed by atoms with van der Waals surface area (Å²) in [5.74, 6) is -0.0958. The van der Waals surface area contributed by atoms with Gasteiger partial charge in [-0.15, -0.1) is 0 Å². The fourth-order valence-electron chi connectivity index (χ4n) is 2.70. The van der Waals surface area contributed by atoms with E-state index in [0.29, 0.717) is 13.0 Å². The highest BCUT2D eigenvalue weighted by Crippen LogP contribution is 2.18. The summed E-state index contributed by atoms with van der Waals surface area (Å²) in [5.41, 5.74) is 9.94. The standard InChI is InChI=1S/C19H22N4O/c1-2-5-16(20)19(24)21-12-14-8-10-15(11-9-14)23-13-22-17-6-3-4-7-18(17)23/h3-4,6-11,13,16H,2,5,12,20H2,1H3,(H,21,24). The van der Waals surface area contributed by atoms with Gasteiger partial charge in [0.15, 0.2) is 0 Å². The smallest absolute Gasteiger partial charge is 0.237 e. The van der Waals surface area contributed by atoms with Gasteiger partial charge in [0.05, 0.1) is 17.1 Å². The molecule has 124 valence electrons. The average molecular weight is 322 g/mol. The molecule has 0 aliphatic rings. The Morgan fingerprint density at radius 3 is 2.71 bits per heavy atom. The van der Waals surface area contributed by atoms with Crippen molar-refractivity contribution in [2.24, 2.45) is 5.73 Å². The predicted octanol–water partition coefficient (Wildman–Crippen LogP) is 2.77. The molecular formula is C19H22N4O. The molecule has 5 nitrogen and oxygen atoms in total. The van der Waals surface area contributed by atoms with Gasteiger partial charge in [0.2, 0.25) is 5.91 Å². The van der Waals surface area contributed by atoms with Crippen LogP contribution in [0.4, 0.5) is 0 Å². The van der Waals surface area contributed by atoms with Crippen LogP contribution in [0, 0.1) is 0 Å². The maximum absolute atomic E-state index is 11.9. The molecule has 0 saturated heterocycles. The first-order valence-corrected chi connectivity index (χ1v) is 8.23. The number of hydrogen-bond donors (Lipinski definition) is 2. The molecule has 2 aromatic carbocycles. The third-order valence-corrected chi connectivity index (χ3v) is 4.07. The highest BCUT2D eigenvalue weighted by molar-refractivity contribution is 5.81. The molecule has 0 spiro atoms. The number of para-hydroxylation sites is 2. The molecule has 1 atom stereocenters. The number of carbonyl (C=O) groups excluding carboxylic acids is 1. The number of fused-ring (bicyclic) bond motifs is 1. The number of nitrogens with one attached hydrogen (secondary N) is 1. The number of rotatable bonds is 6. The number of benzene rings is 2. The van der Waals surface area contributed by atoms with Gasteiger partial charge in [0.25, 0.3) is 0 Å². The number of hydrogen-bond acceptors (Lipinski definition) is 3. The summed E-state index contributed by atoms with van der Waals surface area (Å²) in [6.45, 7) is 2.51. The van der Waals surface area contributed by atoms with E-state index in [-0.39, 0.29) is 5.91 Å². The van der Waals surface area contributed by atoms with E-state index in [1.54, 1.807) is 0 Å². The Morgan fingerprint density at radius 2 is 1.96 bits per heavy atom. The average Bonchev–Trinajstić information content (AvgIpc) is 3.04. The van der Waals surface area contributed by atoms with Crippen molar-refractivity contribution >= 4 is 16.9 Å². The molecule has 0 aliphatic carbocycles. The number of carbonyl (C=O) groups is 1. The quantitative estimate of drug-likeness (QED) is 0.733. The summed E-state index contributed by atoms with van der Waals surface area (Å²) in [6, 6.07) is 15.7. The number of imidazole rings is 1. The molecule has 3 rings (SSSR count). The first-order chi connectivity index (χ1) is 11.7. The summed E-state index contributed by atoms with van der Waals surface area (Å²) in [6.07, 6.45) is 3.44. The maximum Gasteiger partial charge on any atom is 0.237 e. The Labute approximate surface area is 141 Å². The van der Waals surface area contributed by atoms with Crippen molar-refractivity contribution in [3.8, 4) is 5.69 Å². The van der Waals surface area contributed by atoms with Gasteiger partial charge in [-0.25, -0.2) is 4.98 Å². The third kappa shape index (κ3) is 3.46. The van der Waals surface area contributed by atoms with Crippen molar-refractivity contribution in [1.82, 2.24) is 14.9 Å². The molecule has 1 unspecified atom stereocenters. The van der Waals surface area contributed by atoms with Gasteiger partial charge in [0.1, 0.15) is 6.33 Å². The summed E-state index contributed by atoms with van der Waals surface area (Å²) in [4.78, 5) is 16.3. The molecule has 0 radical (unpaired) electrons. The number of nitrogens with two attached hydrogens (primary N) is 1. The monoisotopic (exact) mass is 322 g/mol. The molecule has 0 bridgehead atoms. The zero-order valence-corrected chi connectivity index (χ0v) is 13.8. The summed E-state index contributed by atoms with van der Waals surface area (Å²) >= 11 is 0. The Kier molecular flexibility index (Phi) is 4.91. The molecule has 1 heterocycles. The first kappa shape index (κ1) is 16.2. The van der Waals surface area contributed by atoms with Crippen LogP contribution in [0.25, 0.3) is 16.7 Å². The molecular weight excluding hydrogens is 300 g/mol. The van der Waals surface area contributed by atoms with Crippen LogP contribution in [0.15, 0.2) is 54.9 Å². The second-order valence-corrected chi connectivity index (χ2v) is 5.88. The van der Waals surface area contributed by atoms with E-state index in [1.807, 2.05) is 61.8 Å². The van der Waals surface area contributed by atoms with E-state index >= 15 is 0 Å². The molecule has 3 N–H and O–H groups in total. The van der Waals surface area contributed by atoms with Crippen molar-refractivity contribution in [2.45, 2.75) is 32.4 Å². The van der Waals surface area contributed by atoms with Crippen molar-refractivity contribution in [1.29, 1.82) is 0 Å². The van der Waals surface area contributed by atoms with E-state index in [9.17, 15) is 4.79 Å². The summed E-state index contributed by atoms with van der Waals surface area (Å²) < 4.78 is 2.05. The lowest BCUT2D eigenvalue weighted by Crippen LogP contribution is -2.40. The van der Waals surface area contributed by atoms with Crippen LogP contribution in [0.2, 0.25) is 0 Å². The molecule has 1 aromatic heterocycles. The van der Waals surface area contributed by atoms with Crippen LogP contribution < -0.4 is 11.1 Å². The third-order valence-electron chi connectivity index (χ3n) is 4.07. The van der Waals surface area contributed by atoms with Gasteiger partial charge in [0, 0.05) is 12.2 Å². The largest absolute Gasteiger partial charge is 0.351 e. The van der Waals surface area contributed by atoms with Crippen molar-refractivity contribution in [3.63, 3.8) is 0 Å². The van der Waals surface area contributed by atoms with Crippen molar-refractivity contribution in [2.75, 3.05) is 0 Å². The van der Waals surface area contributed by atoms with E-state index in [2.05, 4.69) is 14.9 Å². The summed E-state index contributed by atoms with van der Waals surface area (Å²) in [5, 5.41) is 2.88. The molecule has 24 heavy (non-hydrogen) atoms. The van der Waals surface area contributed by atoms with Gasteiger partial charge in [-0.05, 0) is 36.2 Å². The van der Waals surface area contributed by atoms with Gasteiger partial charge >= 0.3 is 0 Å². The van der Waals surface area contributed by atoms with Crippen LogP contribution >= 0.6 is 0 Å². The van der Waals surface area contributed by atoms with Gasteiger partial charge < -0.3 is 11.1 Å². The van der Waals surface area contributed by atoms with Gasteiger partial charge in [-0.2, -0.15) is 0 Å². The fraction of sp³-hybridized carbons (Fsp3) is 0.263. The van der Waals surface area contributed by atoms with Crippen LogP contribution in [-0.2, 0) is 11.3 Å². The highest BCUT2D eigenvalue weighted by atomic mass is 16.2. The van der Waals surface area contributed by atoms with Gasteiger partial charge in [-0.1, -0.05) is 37.6 Å². The van der Waals surface area contributed by atoms with Crippen LogP contribution in [0.5, 0.6) is 0 Å². The van der Waals surface area contributed by atoms with Crippen LogP contribution in [-0.4, -0.2) is 21.5 Å². The SMILES string of the molecule is CCCC(N)C(=O)NCc1ccc(-n2cnc3ccccc32)cc1. The fourth-order valence-corrected chi connectivity index (χ4v) is 2.70. The van der Waals surface area contributed by atoms with Crippen LogP contribution in [0.3, 0.4) is 0 Å². The van der Waals surface area contributed by atoms with E-state index in [4.69, 9.17) is 5.73 Å². The minimum absolute atomic E-state index is 0.0958. The molecule has 1 amide bonds. The molecule has 3 aromatic rings. The Bertz CT molecular complexity index is 823. The van der Waals surface area contributed by atoms with Crippen molar-refractivity contribution < 1.29 is 4.79 Å². The maximum atomic E-state index is 11.9. The lowest BCUT2D eigenvalue weighted by Gasteiger charge is -2.11. The van der Waals surface area contributed by atoms with Gasteiger partial charge in [-0.3, -0.25) is 9.36 Å². The lowest BCUT2D eigenvalue weighted by molar-refractivity contribution is -0.122. The van der Waals surface area contributed by atoms with Crippen LogP contribution in [0.1, 0.15) is 25.3 Å². The highest BCUT2D eigenvalue weighted by Gasteiger charge is 2.11. The van der Waals surface area contributed by atoms with E-state index < -0.39 is 6.04 Å². The van der Waals surface area contributed by atoms with E-state index in [0.717, 1.165) is 28.7 Å². The minimum atomic E-state index is -0.424. The topological polar surface area (TPSA) is 72.9 Å². The Morgan fingerprint density at radius 1 is 1.21 bits per heavy atom. The second kappa shape index (κ2) is 7.27. The molecule has 0 aliphatic heterocycles. The predicted molar refractivity (Wildman–Crippen MR) is 95.8 cm³/mol. The Hall–Kier alpha value is -2.66. The molecule has 0 fully saturated rings. The summed E-state index contributed by atoms with van der Waals surface area (Å²) in [7, 11) is 0. The normalized spacial score (nSPS) is 12.2. The first-order valence-electron chi connectivity index (χ1n) is 8.23. The number of amides is 1. The number of aromatic nitrogens is 2.